The van der Waals surface area contributed by atoms with E-state index < -0.39 is 0 Å². The van der Waals surface area contributed by atoms with E-state index in [4.69, 9.17) is 11.6 Å². The Morgan fingerprint density at radius 2 is 2.07 bits per heavy atom. The highest BCUT2D eigenvalue weighted by Crippen LogP contribution is 2.43. The van der Waals surface area contributed by atoms with Crippen LogP contribution in [0, 0.1) is 5.41 Å². The number of hydrogen-bond acceptors (Lipinski definition) is 0. The van der Waals surface area contributed by atoms with E-state index in [0.717, 1.165) is 0 Å². The van der Waals surface area contributed by atoms with Gasteiger partial charge in [0, 0.05) is 5.38 Å². The van der Waals surface area contributed by atoms with Gasteiger partial charge in [-0.25, -0.2) is 0 Å². The Hall–Kier alpha value is -0.490. The summed E-state index contributed by atoms with van der Waals surface area (Å²) >= 11 is 6.18. The predicted octanol–water partition coefficient (Wildman–Crippen LogP) is 4.42. The third-order valence-corrected chi connectivity index (χ3v) is 4.01. The highest BCUT2D eigenvalue weighted by atomic mass is 35.5. The topological polar surface area (TPSA) is 0 Å². The normalized spacial score (nSPS) is 30.7. The van der Waals surface area contributed by atoms with Crippen molar-refractivity contribution in [1.82, 2.24) is 0 Å². The van der Waals surface area contributed by atoms with Crippen LogP contribution in [0.3, 0.4) is 0 Å². The van der Waals surface area contributed by atoms with Crippen molar-refractivity contribution in [3.05, 3.63) is 35.9 Å². The molecule has 0 saturated heterocycles. The molecule has 1 aliphatic rings. The first-order chi connectivity index (χ1) is 7.18. The summed E-state index contributed by atoms with van der Waals surface area (Å²) in [6, 6.07) is 10.8. The zero-order chi connectivity index (χ0) is 10.7. The molecule has 1 saturated carbocycles. The first-order valence-electron chi connectivity index (χ1n) is 5.86. The van der Waals surface area contributed by atoms with Crippen LogP contribution >= 0.6 is 11.6 Å². The Morgan fingerprint density at radius 1 is 1.33 bits per heavy atom. The maximum absolute atomic E-state index is 6.18. The van der Waals surface area contributed by atoms with Gasteiger partial charge in [-0.1, -0.05) is 37.3 Å². The van der Waals surface area contributed by atoms with Crippen LogP contribution in [0.2, 0.25) is 0 Å². The molecular formula is C14H19Cl. The lowest BCUT2D eigenvalue weighted by Gasteiger charge is -2.23. The van der Waals surface area contributed by atoms with Gasteiger partial charge in [0.2, 0.25) is 0 Å². The van der Waals surface area contributed by atoms with Crippen LogP contribution in [-0.2, 0) is 6.42 Å². The molecule has 0 aliphatic heterocycles. The summed E-state index contributed by atoms with van der Waals surface area (Å²) in [7, 11) is 0. The predicted molar refractivity (Wildman–Crippen MR) is 66.4 cm³/mol. The van der Waals surface area contributed by atoms with E-state index in [0.29, 0.717) is 10.8 Å². The first-order valence-corrected chi connectivity index (χ1v) is 6.30. The smallest absolute Gasteiger partial charge is 0.0341 e. The molecule has 1 aliphatic carbocycles. The quantitative estimate of drug-likeness (QED) is 0.665. The van der Waals surface area contributed by atoms with Gasteiger partial charge in [-0.2, -0.15) is 0 Å². The fraction of sp³-hybridized carbons (Fsp3) is 0.571. The van der Waals surface area contributed by atoms with E-state index in [1.165, 1.54) is 37.7 Å². The second-order valence-electron chi connectivity index (χ2n) is 5.14. The molecule has 82 valence electrons. The van der Waals surface area contributed by atoms with Crippen molar-refractivity contribution in [2.24, 2.45) is 5.41 Å². The highest BCUT2D eigenvalue weighted by molar-refractivity contribution is 6.20. The monoisotopic (exact) mass is 222 g/mol. The molecule has 0 nitrogen and oxygen atoms in total. The Morgan fingerprint density at radius 3 is 2.67 bits per heavy atom. The van der Waals surface area contributed by atoms with Gasteiger partial charge in [0.1, 0.15) is 0 Å². The fourth-order valence-corrected chi connectivity index (χ4v) is 3.04. The number of benzene rings is 1. The Kier molecular flexibility index (Phi) is 3.35. The molecule has 0 bridgehead atoms. The Balaban J connectivity index is 1.88. The van der Waals surface area contributed by atoms with Crippen molar-refractivity contribution in [1.29, 1.82) is 0 Å². The second kappa shape index (κ2) is 4.57. The van der Waals surface area contributed by atoms with E-state index in [2.05, 4.69) is 37.3 Å². The van der Waals surface area contributed by atoms with Crippen LogP contribution in [0.15, 0.2) is 30.3 Å². The Labute approximate surface area is 97.6 Å². The number of halogens is 1. The summed E-state index contributed by atoms with van der Waals surface area (Å²) in [6.07, 6.45) is 6.17. The molecule has 0 N–H and O–H groups in total. The van der Waals surface area contributed by atoms with Crippen molar-refractivity contribution < 1.29 is 0 Å². The lowest BCUT2D eigenvalue weighted by Crippen LogP contribution is -2.13. The van der Waals surface area contributed by atoms with Crippen LogP contribution < -0.4 is 0 Å². The summed E-state index contributed by atoms with van der Waals surface area (Å²) in [5.41, 5.74) is 1.94. The third-order valence-electron chi connectivity index (χ3n) is 3.64. The van der Waals surface area contributed by atoms with Gasteiger partial charge in [0.15, 0.2) is 0 Å². The van der Waals surface area contributed by atoms with Crippen molar-refractivity contribution >= 4 is 11.6 Å². The van der Waals surface area contributed by atoms with Crippen LogP contribution in [0.1, 0.15) is 38.2 Å². The average Bonchev–Trinajstić information content (AvgIpc) is 2.58. The van der Waals surface area contributed by atoms with Crippen molar-refractivity contribution in [2.45, 2.75) is 44.4 Å². The van der Waals surface area contributed by atoms with Crippen LogP contribution in [-0.4, -0.2) is 5.38 Å². The Bertz CT molecular complexity index is 306. The molecule has 2 unspecified atom stereocenters. The van der Waals surface area contributed by atoms with Gasteiger partial charge in [0.05, 0.1) is 0 Å². The molecular weight excluding hydrogens is 204 g/mol. The maximum Gasteiger partial charge on any atom is 0.0341 e. The number of rotatable bonds is 3. The fourth-order valence-electron chi connectivity index (χ4n) is 2.56. The molecule has 0 amide bonds. The molecule has 0 radical (unpaired) electrons. The molecule has 0 spiro atoms. The average molecular weight is 223 g/mol. The zero-order valence-electron chi connectivity index (χ0n) is 9.38. The molecule has 0 aromatic heterocycles. The number of aryl methyl sites for hydroxylation is 1. The highest BCUT2D eigenvalue weighted by Gasteiger charge is 2.33. The van der Waals surface area contributed by atoms with Gasteiger partial charge in [-0.3, -0.25) is 0 Å². The summed E-state index contributed by atoms with van der Waals surface area (Å²) < 4.78 is 0. The molecule has 1 fully saturated rings. The van der Waals surface area contributed by atoms with E-state index in [1.807, 2.05) is 0 Å². The molecule has 2 rings (SSSR count). The molecule has 1 heteroatoms. The largest absolute Gasteiger partial charge is 0.123 e. The van der Waals surface area contributed by atoms with Crippen molar-refractivity contribution in [2.75, 3.05) is 0 Å². The van der Waals surface area contributed by atoms with E-state index in [1.54, 1.807) is 0 Å². The lowest BCUT2D eigenvalue weighted by molar-refractivity contribution is 0.309. The van der Waals surface area contributed by atoms with E-state index in [-0.39, 0.29) is 0 Å². The van der Waals surface area contributed by atoms with Crippen LogP contribution in [0.4, 0.5) is 0 Å². The van der Waals surface area contributed by atoms with Crippen LogP contribution in [0.25, 0.3) is 0 Å². The summed E-state index contributed by atoms with van der Waals surface area (Å²) in [6.45, 7) is 2.39. The van der Waals surface area contributed by atoms with Gasteiger partial charge in [-0.15, -0.1) is 11.6 Å². The molecule has 15 heavy (non-hydrogen) atoms. The minimum atomic E-state index is 0.422. The molecule has 1 aromatic carbocycles. The number of alkyl halides is 1. The van der Waals surface area contributed by atoms with E-state index >= 15 is 0 Å². The standard InChI is InChI=1S/C14H19Cl/c1-14(10-8-13(15)11-14)9-7-12-5-3-2-4-6-12/h2-6,13H,7-11H2,1H3. The first kappa shape index (κ1) is 11.0. The minimum absolute atomic E-state index is 0.422. The van der Waals surface area contributed by atoms with Gasteiger partial charge < -0.3 is 0 Å². The van der Waals surface area contributed by atoms with Crippen LogP contribution in [0.5, 0.6) is 0 Å². The summed E-state index contributed by atoms with van der Waals surface area (Å²) in [5, 5.41) is 0.422. The lowest BCUT2D eigenvalue weighted by atomic mass is 9.83. The third kappa shape index (κ3) is 2.98. The van der Waals surface area contributed by atoms with Crippen molar-refractivity contribution in [3.8, 4) is 0 Å². The molecule has 1 aromatic rings. The number of hydrogen-bond donors (Lipinski definition) is 0. The molecule has 2 atom stereocenters. The van der Waals surface area contributed by atoms with Crippen molar-refractivity contribution in [3.63, 3.8) is 0 Å². The zero-order valence-corrected chi connectivity index (χ0v) is 10.1. The van der Waals surface area contributed by atoms with Gasteiger partial charge in [0.25, 0.3) is 0 Å². The SMILES string of the molecule is CC1(CCc2ccccc2)CCC(Cl)C1. The molecule has 0 heterocycles. The van der Waals surface area contributed by atoms with Gasteiger partial charge in [-0.05, 0) is 43.1 Å². The maximum atomic E-state index is 6.18. The van der Waals surface area contributed by atoms with Gasteiger partial charge >= 0.3 is 0 Å². The van der Waals surface area contributed by atoms with E-state index in [9.17, 15) is 0 Å². The second-order valence-corrected chi connectivity index (χ2v) is 5.75. The minimum Gasteiger partial charge on any atom is -0.123 e. The summed E-state index contributed by atoms with van der Waals surface area (Å²) in [5.74, 6) is 0. The summed E-state index contributed by atoms with van der Waals surface area (Å²) in [4.78, 5) is 0.